The first-order valence-electron chi connectivity index (χ1n) is 8.50. The van der Waals surface area contributed by atoms with Crippen molar-refractivity contribution in [2.24, 2.45) is 5.92 Å². The molecular weight excluding hydrogens is 355 g/mol. The van der Waals surface area contributed by atoms with Crippen LogP contribution in [0.5, 0.6) is 0 Å². The van der Waals surface area contributed by atoms with Gasteiger partial charge in [0.2, 0.25) is 15.9 Å². The fraction of sp³-hybridized carbons (Fsp3) is 0.316. The summed E-state index contributed by atoms with van der Waals surface area (Å²) in [5.41, 5.74) is 1.33. The maximum absolute atomic E-state index is 13.3. The van der Waals surface area contributed by atoms with E-state index in [4.69, 9.17) is 0 Å². The lowest BCUT2D eigenvalue weighted by Gasteiger charge is -2.31. The zero-order valence-electron chi connectivity index (χ0n) is 14.6. The number of halogens is 1. The number of rotatable bonds is 4. The lowest BCUT2D eigenvalue weighted by Crippen LogP contribution is -2.48. The van der Waals surface area contributed by atoms with Crippen molar-refractivity contribution in [2.75, 3.05) is 5.32 Å². The third-order valence-corrected chi connectivity index (χ3v) is 6.63. The molecule has 0 bridgehead atoms. The van der Waals surface area contributed by atoms with Gasteiger partial charge in [-0.15, -0.1) is 0 Å². The van der Waals surface area contributed by atoms with Crippen LogP contribution < -0.4 is 5.32 Å². The Morgan fingerprint density at radius 3 is 2.50 bits per heavy atom. The second-order valence-corrected chi connectivity index (χ2v) is 8.37. The number of anilines is 1. The van der Waals surface area contributed by atoms with Crippen LogP contribution in [0.15, 0.2) is 53.4 Å². The van der Waals surface area contributed by atoms with Crippen molar-refractivity contribution in [3.05, 3.63) is 59.9 Å². The zero-order valence-corrected chi connectivity index (χ0v) is 15.5. The molecule has 1 aliphatic heterocycles. The second kappa shape index (κ2) is 7.17. The predicted molar refractivity (Wildman–Crippen MR) is 97.4 cm³/mol. The summed E-state index contributed by atoms with van der Waals surface area (Å²) in [5, 5.41) is 2.85. The van der Waals surface area contributed by atoms with Crippen LogP contribution in [0.2, 0.25) is 0 Å². The van der Waals surface area contributed by atoms with Crippen LogP contribution in [0.4, 0.5) is 10.1 Å². The van der Waals surface area contributed by atoms with Crippen molar-refractivity contribution >= 4 is 21.6 Å². The Balaban J connectivity index is 2.13. The molecule has 1 N–H and O–H groups in total. The number of nitrogens with one attached hydrogen (secondary N) is 1. The molecule has 1 aliphatic rings. The smallest absolute Gasteiger partial charge is 0.244 e. The van der Waals surface area contributed by atoms with Gasteiger partial charge in [0.1, 0.15) is 11.9 Å². The van der Waals surface area contributed by atoms with E-state index in [2.05, 4.69) is 5.32 Å². The molecule has 7 heteroatoms. The number of carbonyl (C=O) groups excluding carboxylic acids is 1. The van der Waals surface area contributed by atoms with Gasteiger partial charge in [-0.1, -0.05) is 38.5 Å². The molecule has 2 aromatic carbocycles. The first kappa shape index (κ1) is 18.5. The molecular formula is C19H21FN2O3S. The summed E-state index contributed by atoms with van der Waals surface area (Å²) >= 11 is 0. The Morgan fingerprint density at radius 2 is 1.85 bits per heavy atom. The summed E-state index contributed by atoms with van der Waals surface area (Å²) in [6, 6.07) is 11.0. The Hall–Kier alpha value is -2.25. The van der Waals surface area contributed by atoms with Gasteiger partial charge in [0.25, 0.3) is 0 Å². The van der Waals surface area contributed by atoms with Crippen LogP contribution in [-0.2, 0) is 21.4 Å². The molecule has 138 valence electrons. The minimum Gasteiger partial charge on any atom is -0.324 e. The summed E-state index contributed by atoms with van der Waals surface area (Å²) in [5.74, 6) is -1.05. The highest BCUT2D eigenvalue weighted by Gasteiger charge is 2.41. The first-order valence-corrected chi connectivity index (χ1v) is 9.94. The minimum atomic E-state index is -3.98. The van der Waals surface area contributed by atoms with E-state index < -0.39 is 21.9 Å². The fourth-order valence-electron chi connectivity index (χ4n) is 3.13. The van der Waals surface area contributed by atoms with Gasteiger partial charge in [-0.3, -0.25) is 4.79 Å². The maximum Gasteiger partial charge on any atom is 0.244 e. The third-order valence-electron chi connectivity index (χ3n) is 4.78. The van der Waals surface area contributed by atoms with Gasteiger partial charge in [0.15, 0.2) is 0 Å². The molecule has 2 atom stereocenters. The molecule has 1 heterocycles. The summed E-state index contributed by atoms with van der Waals surface area (Å²) in [7, 11) is -3.98. The van der Waals surface area contributed by atoms with E-state index in [0.717, 1.165) is 17.7 Å². The standard InChI is InChI=1S/C19H21FN2O3S/c1-3-13(2)18-19(23)21-17-7-5-4-6-14(17)12-22(18)26(24,25)16-10-8-15(20)9-11-16/h4-11,13,18H,3,12H2,1-2H3,(H,21,23)/t13-,18-/m0/s1. The van der Waals surface area contributed by atoms with Gasteiger partial charge in [-0.2, -0.15) is 4.31 Å². The molecule has 0 aliphatic carbocycles. The summed E-state index contributed by atoms with van der Waals surface area (Å²) in [6.07, 6.45) is 0.643. The topological polar surface area (TPSA) is 66.5 Å². The molecule has 3 rings (SSSR count). The molecule has 1 amide bonds. The van der Waals surface area contributed by atoms with Crippen LogP contribution in [0.3, 0.4) is 0 Å². The third kappa shape index (κ3) is 3.37. The van der Waals surface area contributed by atoms with Crippen LogP contribution in [0.1, 0.15) is 25.8 Å². The van der Waals surface area contributed by atoms with E-state index in [1.165, 1.54) is 16.4 Å². The molecule has 0 radical (unpaired) electrons. The lowest BCUT2D eigenvalue weighted by atomic mass is 9.98. The minimum absolute atomic E-state index is 0.0283. The van der Waals surface area contributed by atoms with Gasteiger partial charge < -0.3 is 5.32 Å². The highest BCUT2D eigenvalue weighted by atomic mass is 32.2. The van der Waals surface area contributed by atoms with Gasteiger partial charge in [0, 0.05) is 12.2 Å². The van der Waals surface area contributed by atoms with Gasteiger partial charge in [0.05, 0.1) is 4.90 Å². The summed E-state index contributed by atoms with van der Waals surface area (Å²) < 4.78 is 41.0. The highest BCUT2D eigenvalue weighted by molar-refractivity contribution is 7.89. The van der Waals surface area contributed by atoms with Crippen LogP contribution in [0.25, 0.3) is 0 Å². The number of para-hydroxylation sites is 1. The summed E-state index contributed by atoms with van der Waals surface area (Å²) in [4.78, 5) is 12.8. The number of hydrogen-bond donors (Lipinski definition) is 1. The SMILES string of the molecule is CC[C@H](C)[C@H]1C(=O)Nc2ccccc2CN1S(=O)(=O)c1ccc(F)cc1. The zero-order chi connectivity index (χ0) is 18.9. The van der Waals surface area contributed by atoms with Crippen molar-refractivity contribution in [3.8, 4) is 0 Å². The van der Waals surface area contributed by atoms with Gasteiger partial charge in [-0.25, -0.2) is 12.8 Å². The molecule has 0 saturated carbocycles. The van der Waals surface area contributed by atoms with E-state index in [0.29, 0.717) is 12.1 Å². The van der Waals surface area contributed by atoms with Crippen LogP contribution >= 0.6 is 0 Å². The largest absolute Gasteiger partial charge is 0.324 e. The first-order chi connectivity index (χ1) is 12.3. The van der Waals surface area contributed by atoms with Crippen molar-refractivity contribution in [3.63, 3.8) is 0 Å². The Bertz CT molecular complexity index is 913. The average Bonchev–Trinajstić information content (AvgIpc) is 2.77. The molecule has 0 unspecified atom stereocenters. The van der Waals surface area contributed by atoms with Crippen molar-refractivity contribution in [1.82, 2.24) is 4.31 Å². The summed E-state index contributed by atoms with van der Waals surface area (Å²) in [6.45, 7) is 3.84. The molecule has 0 spiro atoms. The van der Waals surface area contributed by atoms with E-state index in [1.807, 2.05) is 13.8 Å². The maximum atomic E-state index is 13.3. The average molecular weight is 376 g/mol. The lowest BCUT2D eigenvalue weighted by molar-refractivity contribution is -0.121. The normalized spacial score (nSPS) is 19.3. The molecule has 5 nitrogen and oxygen atoms in total. The molecule has 0 fully saturated rings. The Kier molecular flexibility index (Phi) is 5.11. The van der Waals surface area contributed by atoms with Gasteiger partial charge in [-0.05, 0) is 41.8 Å². The molecule has 0 aromatic heterocycles. The van der Waals surface area contributed by atoms with Crippen LogP contribution in [0, 0.1) is 11.7 Å². The van der Waals surface area contributed by atoms with Gasteiger partial charge >= 0.3 is 0 Å². The quantitative estimate of drug-likeness (QED) is 0.890. The van der Waals surface area contributed by atoms with Crippen LogP contribution in [-0.4, -0.2) is 24.7 Å². The Morgan fingerprint density at radius 1 is 1.19 bits per heavy atom. The molecule has 26 heavy (non-hydrogen) atoms. The Labute approximate surface area is 152 Å². The van der Waals surface area contributed by atoms with Crippen molar-refractivity contribution in [1.29, 1.82) is 0 Å². The number of benzene rings is 2. The predicted octanol–water partition coefficient (Wildman–Crippen LogP) is 3.38. The van der Waals surface area contributed by atoms with E-state index >= 15 is 0 Å². The molecule has 2 aromatic rings. The number of hydrogen-bond acceptors (Lipinski definition) is 3. The second-order valence-electron chi connectivity index (χ2n) is 6.48. The molecule has 0 saturated heterocycles. The monoisotopic (exact) mass is 376 g/mol. The van der Waals surface area contributed by atoms with E-state index in [1.54, 1.807) is 24.3 Å². The number of sulfonamides is 1. The number of nitrogens with zero attached hydrogens (tertiary/aromatic N) is 1. The van der Waals surface area contributed by atoms with E-state index in [-0.39, 0.29) is 23.3 Å². The fourth-order valence-corrected chi connectivity index (χ4v) is 4.79. The number of amides is 1. The van der Waals surface area contributed by atoms with Crippen molar-refractivity contribution < 1.29 is 17.6 Å². The van der Waals surface area contributed by atoms with Crippen molar-refractivity contribution in [2.45, 2.75) is 37.8 Å². The van der Waals surface area contributed by atoms with E-state index in [9.17, 15) is 17.6 Å². The number of carbonyl (C=O) groups is 1. The highest BCUT2D eigenvalue weighted by Crippen LogP contribution is 2.31. The number of fused-ring (bicyclic) bond motifs is 1.